The van der Waals surface area contributed by atoms with Gasteiger partial charge in [-0.3, -0.25) is 28.8 Å². The summed E-state index contributed by atoms with van der Waals surface area (Å²) < 4.78 is 127. The Hall–Kier alpha value is -5.18. The van der Waals surface area contributed by atoms with Crippen LogP contribution in [-0.2, 0) is 128 Å². The summed E-state index contributed by atoms with van der Waals surface area (Å²) in [5.74, 6) is -5.73. The second kappa shape index (κ2) is 50.7. The van der Waals surface area contributed by atoms with Crippen molar-refractivity contribution in [2.45, 2.75) is 379 Å². The van der Waals surface area contributed by atoms with E-state index in [4.69, 9.17) is 99.5 Å². The van der Waals surface area contributed by atoms with E-state index in [0.717, 1.165) is 41.5 Å². The number of aliphatic hydroxyl groups is 29. The maximum Gasteiger partial charge on any atom is 0.217 e. The molecule has 0 unspecified atom stereocenters. The molecule has 0 aromatic heterocycles. The van der Waals surface area contributed by atoms with Gasteiger partial charge in [0.15, 0.2) is 69.2 Å². The number of ether oxygens (including phenoxy) is 21. The molecule has 0 aromatic carbocycles. The van der Waals surface area contributed by atoms with Crippen molar-refractivity contribution >= 4 is 35.4 Å². The van der Waals surface area contributed by atoms with Crippen LogP contribution in [0.3, 0.4) is 0 Å². The Bertz CT molecular complexity index is 3920. The van der Waals surface area contributed by atoms with E-state index in [2.05, 4.69) is 31.9 Å². The highest BCUT2D eigenvalue weighted by Gasteiger charge is 2.63. The number of hydrogen-bond donors (Lipinski definition) is 35. The highest BCUT2D eigenvalue weighted by Crippen LogP contribution is 2.42. The van der Waals surface area contributed by atoms with Crippen LogP contribution in [-0.4, -0.2) is 594 Å². The first kappa shape index (κ1) is 115. The molecule has 35 N–H and O–H groups in total. The lowest BCUT2D eigenvalue weighted by Crippen LogP contribution is -2.71. The minimum atomic E-state index is -2.76. The second-order valence-electron chi connectivity index (χ2n) is 35.3. The van der Waals surface area contributed by atoms with Crippen molar-refractivity contribution in [1.82, 2.24) is 31.9 Å². The highest BCUT2D eigenvalue weighted by atomic mass is 16.8. The van der Waals surface area contributed by atoms with Crippen LogP contribution >= 0.6 is 0 Å². The van der Waals surface area contributed by atoms with E-state index in [0.29, 0.717) is 0 Å². The van der Waals surface area contributed by atoms with E-state index in [1.807, 2.05) is 0 Å². The van der Waals surface area contributed by atoms with Crippen LogP contribution in [0.1, 0.15) is 41.5 Å². The first-order valence-electron chi connectivity index (χ1n) is 44.6. The summed E-state index contributed by atoms with van der Waals surface area (Å²) in [4.78, 5) is 77.6. The summed E-state index contributed by atoms with van der Waals surface area (Å²) in [7, 11) is 0. The highest BCUT2D eigenvalue weighted by molar-refractivity contribution is 5.75. The Morgan fingerprint density at radius 2 is 0.407 bits per heavy atom. The number of rotatable bonds is 37. The first-order chi connectivity index (χ1) is 66.2. The predicted octanol–water partition coefficient (Wildman–Crippen LogP) is -24.1. The lowest BCUT2D eigenvalue weighted by Gasteiger charge is -2.52. The van der Waals surface area contributed by atoms with Crippen LogP contribution in [0, 0.1) is 0 Å². The molecule has 0 aromatic rings. The number of carbonyl (C=O) groups excluding carboxylic acids is 6. The van der Waals surface area contributed by atoms with Crippen LogP contribution in [0.4, 0.5) is 0 Å². The molecule has 11 aliphatic heterocycles. The zero-order valence-electron chi connectivity index (χ0n) is 75.5. The number of carbonyl (C=O) groups is 6. The van der Waals surface area contributed by atoms with Crippen molar-refractivity contribution < 1.29 is 276 Å². The Morgan fingerprint density at radius 1 is 0.186 bits per heavy atom. The lowest BCUT2D eigenvalue weighted by atomic mass is 9.93. The fourth-order valence-electron chi connectivity index (χ4n) is 18.1. The van der Waals surface area contributed by atoms with Crippen molar-refractivity contribution in [2.24, 2.45) is 0 Å². The van der Waals surface area contributed by atoms with Crippen molar-refractivity contribution in [1.29, 1.82) is 0 Å². The summed E-state index contributed by atoms with van der Waals surface area (Å²) >= 11 is 0. The topological polar surface area (TPSA) is 955 Å². The molecule has 140 heavy (non-hydrogen) atoms. The van der Waals surface area contributed by atoms with Crippen LogP contribution in [0.2, 0.25) is 0 Å². The molecule has 11 fully saturated rings. The van der Waals surface area contributed by atoms with Crippen molar-refractivity contribution in [3.8, 4) is 0 Å². The Labute approximate surface area is 792 Å². The van der Waals surface area contributed by atoms with Gasteiger partial charge in [0.25, 0.3) is 0 Å². The van der Waals surface area contributed by atoms with Crippen molar-refractivity contribution in [2.75, 3.05) is 72.7 Å². The van der Waals surface area contributed by atoms with Gasteiger partial charge in [-0.1, -0.05) is 0 Å². The van der Waals surface area contributed by atoms with E-state index in [1.54, 1.807) is 0 Å². The minimum Gasteiger partial charge on any atom is -0.394 e. The van der Waals surface area contributed by atoms with Gasteiger partial charge in [0.1, 0.15) is 268 Å². The zero-order chi connectivity index (χ0) is 103. The number of amides is 6. The third kappa shape index (κ3) is 25.8. The summed E-state index contributed by atoms with van der Waals surface area (Å²) in [6, 6.07) is -11.6. The molecule has 55 atom stereocenters. The maximum absolute atomic E-state index is 13.3. The fraction of sp³-hybridized carbons (Fsp3) is 0.923. The zero-order valence-corrected chi connectivity index (χ0v) is 75.5. The smallest absolute Gasteiger partial charge is 0.217 e. The standard InChI is InChI=1S/C78H130N6O56/c1-18(94)79-35-49(108)60(28(11-89)122-68(35)119)133-71-38(82-21(4)97)51(110)63(31(14-92)127-71)137-76-59(118)65(138-78-67(140-70-37(81-20(3)96)48(107)42(101)25(8-86)124-70)58(117)64(32(15-93)130-78)134-72-39(83-22(5)98)50(109)61(29(12-90)128-72)135-74-56(115)53(112)43(102)26(9-87)125-74)46(105)34(131-76)17-121-77-66(55(114)45(104)33(132-77)16-120-69-36(80-19(2)95)47(106)41(100)24(7-85)123-69)139-73-40(84-23(6)99)52(111)62(30(13-91)129-73)136-75-57(116)54(113)44(103)27(10-88)126-75/h24-78,85-93,100-119H,7-17H2,1-6H3,(H,79,94)(H,80,95)(H,81,96)(H,82,97)(H,83,98)(H,84,99)/t24-,25-,26-,27-,28-,29-,30-,31-,32-,33-,34-,35-,36-,37-,38-,39-,40-,41-,42-,43+,44+,45-,46-,47-,48-,49-,50-,51-,52-,53+,54+,55+,56-,57-,58+,59+,60-,61-,62-,63-,64-,65+,66+,67+,68-,69-,70+,71+,72+,73+,74+,75+,76+,77+,78-/m1/s1. The van der Waals surface area contributed by atoms with E-state index in [1.165, 1.54) is 0 Å². The normalized spacial score (nSPS) is 48.1. The fourth-order valence-corrected chi connectivity index (χ4v) is 18.1. The molecule has 0 aliphatic carbocycles. The third-order valence-corrected chi connectivity index (χ3v) is 25.4. The van der Waals surface area contributed by atoms with Crippen molar-refractivity contribution in [3.63, 3.8) is 0 Å². The Balaban J connectivity index is 0.997. The van der Waals surface area contributed by atoms with E-state index in [-0.39, 0.29) is 0 Å². The largest absolute Gasteiger partial charge is 0.394 e. The molecule has 11 aliphatic rings. The monoisotopic (exact) mass is 2050 g/mol. The molecule has 6 amide bonds. The first-order valence-corrected chi connectivity index (χ1v) is 44.6. The van der Waals surface area contributed by atoms with Gasteiger partial charge < -0.3 is 279 Å². The average molecular weight is 2050 g/mol. The molecule has 11 heterocycles. The molecule has 11 rings (SSSR count). The number of aliphatic hydroxyl groups excluding tert-OH is 29. The molecular weight excluding hydrogens is 1920 g/mol. The van der Waals surface area contributed by atoms with Gasteiger partial charge in [0.05, 0.1) is 72.7 Å². The Morgan fingerprint density at radius 3 is 0.764 bits per heavy atom. The van der Waals surface area contributed by atoms with Crippen LogP contribution in [0.25, 0.3) is 0 Å². The molecule has 808 valence electrons. The van der Waals surface area contributed by atoms with Crippen molar-refractivity contribution in [3.05, 3.63) is 0 Å². The minimum absolute atomic E-state index is 0.835. The second-order valence-corrected chi connectivity index (χ2v) is 35.3. The van der Waals surface area contributed by atoms with Gasteiger partial charge in [-0.05, 0) is 0 Å². The summed E-state index contributed by atoms with van der Waals surface area (Å²) in [5.41, 5.74) is 0. The number of hydrogen-bond acceptors (Lipinski definition) is 56. The van der Waals surface area contributed by atoms with E-state index < -0.39 is 446 Å². The maximum atomic E-state index is 13.3. The van der Waals surface area contributed by atoms with Crippen LogP contribution < -0.4 is 31.9 Å². The quantitative estimate of drug-likeness (QED) is 0.0275. The lowest BCUT2D eigenvalue weighted by molar-refractivity contribution is -0.404. The van der Waals surface area contributed by atoms with Crippen LogP contribution in [0.5, 0.6) is 0 Å². The molecule has 11 saturated heterocycles. The Kier molecular flexibility index (Phi) is 41.7. The molecule has 62 nitrogen and oxygen atoms in total. The van der Waals surface area contributed by atoms with Gasteiger partial charge >= 0.3 is 0 Å². The van der Waals surface area contributed by atoms with E-state index >= 15 is 0 Å². The summed E-state index contributed by atoms with van der Waals surface area (Å²) in [5, 5.41) is 343. The molecule has 62 heteroatoms. The summed E-state index contributed by atoms with van der Waals surface area (Å²) in [6.45, 7) is -7.25. The molecule has 0 saturated carbocycles. The molecular formula is C78H130N6O56. The predicted molar refractivity (Wildman–Crippen MR) is 432 cm³/mol. The van der Waals surface area contributed by atoms with Gasteiger partial charge in [-0.2, -0.15) is 0 Å². The summed E-state index contributed by atoms with van der Waals surface area (Å²) in [6.07, 6.45) is -107. The van der Waals surface area contributed by atoms with Gasteiger partial charge in [-0.15, -0.1) is 0 Å². The SMILES string of the molecule is CC(=O)N[C@@H]1[C@@H](O)[C@H](O[C@@H]2O[C@H](CO)[C@@H](O[C@@H]3O[C@H](CO[C@H]4O[C@H](CO[C@@H]5O[C@H](CO)[C@@H](O)[C@H](O)[C@H]5NC(C)=O)[C@@H](O)[C@H](O)[C@@H]4O[C@@H]4O[C@H](CO)[C@@H](O[C@@H]5O[C@H](CO)[C@H](O)[C@H](O)[C@H]5O)[C@H](O)[C@H]4NC(C)=O)[C@@H](O)[C@H](O[C@H]4O[C@H](CO)[C@@H](O[C@@H]5O[C@H](CO)[C@@H](O[C@@H]6O[C@H](CO)[C@H](O)[C@H](O)[C@H]6O)[C@H](O)[C@H]5NC(C)=O)[C@H](O)[C@@H]4O[C@@H]4O[C@H](CO)[C@@H](O)[C@H](O)[C@H]4NC(C)=O)[C@@H]3O)[C@H](O)[C@H]2NC(C)=O)[C@@H](CO)O[C@H]1O. The van der Waals surface area contributed by atoms with Crippen LogP contribution in [0.15, 0.2) is 0 Å². The van der Waals surface area contributed by atoms with E-state index in [9.17, 15) is 177 Å². The molecule has 0 bridgehead atoms. The molecule has 0 radical (unpaired) electrons. The molecule has 0 spiro atoms. The van der Waals surface area contributed by atoms with Gasteiger partial charge in [0, 0.05) is 41.5 Å². The number of nitrogens with one attached hydrogen (secondary N) is 6. The average Bonchev–Trinajstić information content (AvgIpc) is 0.754. The van der Waals surface area contributed by atoms with Gasteiger partial charge in [-0.25, -0.2) is 0 Å². The van der Waals surface area contributed by atoms with Gasteiger partial charge in [0.2, 0.25) is 35.4 Å². The third-order valence-electron chi connectivity index (χ3n) is 25.4.